The van der Waals surface area contributed by atoms with Gasteiger partial charge in [0.15, 0.2) is 5.69 Å². The third-order valence-electron chi connectivity index (χ3n) is 17.9. The van der Waals surface area contributed by atoms with Crippen LogP contribution in [-0.4, -0.2) is 24.5 Å². The van der Waals surface area contributed by atoms with Crippen molar-refractivity contribution in [2.24, 2.45) is 0 Å². The number of nitrogens with zero attached hydrogens (tertiary/aromatic N) is 4. The van der Waals surface area contributed by atoms with Crippen LogP contribution in [0.15, 0.2) is 277 Å². The van der Waals surface area contributed by atoms with E-state index in [9.17, 15) is 5.26 Å². The van der Waals surface area contributed by atoms with Crippen LogP contribution in [0.4, 0.5) is 0 Å². The van der Waals surface area contributed by atoms with Gasteiger partial charge in [0.05, 0.1) is 16.6 Å². The lowest BCUT2D eigenvalue weighted by molar-refractivity contribution is 1.00. The molecule has 6 aromatic heterocycles. The predicted octanol–water partition coefficient (Wildman–Crippen LogP) is 23.5. The molecule has 0 unspecified atom stereocenters. The summed E-state index contributed by atoms with van der Waals surface area (Å²) in [5.74, 6) is 0.499. The molecule has 0 aliphatic carbocycles. The van der Waals surface area contributed by atoms with Gasteiger partial charge in [0, 0.05) is 105 Å². The number of hydrogen-bond acceptors (Lipinski definition) is 5. The maximum Gasteiger partial charge on any atom is 0.236 e. The molecular formula is C81H47BrN6S2. The lowest BCUT2D eigenvalue weighted by Gasteiger charge is -2.09. The van der Waals surface area contributed by atoms with Crippen molar-refractivity contribution < 1.29 is 0 Å². The Kier molecular flexibility index (Phi) is 12.1. The highest BCUT2D eigenvalue weighted by atomic mass is 79.9. The zero-order chi connectivity index (χ0) is 59.6. The van der Waals surface area contributed by atoms with Crippen LogP contribution in [0.5, 0.6) is 0 Å². The molecule has 20 rings (SSSR count). The van der Waals surface area contributed by atoms with Crippen LogP contribution in [0, 0.1) is 11.3 Å². The van der Waals surface area contributed by atoms with Gasteiger partial charge < -0.3 is 9.97 Å². The number of aromatic amines is 2. The number of hydrogen-bond donors (Lipinski definition) is 2. The Morgan fingerprint density at radius 3 is 1.34 bits per heavy atom. The van der Waals surface area contributed by atoms with E-state index in [0.29, 0.717) is 11.6 Å². The second kappa shape index (κ2) is 20.8. The molecule has 0 saturated heterocycles. The standard InChI is InChI=1S/C37H20N4S.C28H17NS.C16H10BrN/c38-21-31-27-10-3-5-11-30(27)39-37(40-31)41-32-16-14-23(20-29(32)36-25-8-2-1-7-22(25)13-17-33(36)41)24-15-18-35-28(19-24)26-9-4-6-12-34(26)42-35;1-2-6-20-17(5-1)9-13-25-28(20)23-16-18(10-12-24(23)29-25)19-11-14-27-22(15-19)21-7-3-4-8-26(21)30-27;17-11-6-8-14-13(9-11)16-12-4-2-1-3-10(12)5-7-15(16)18-14/h1-20H;1-16,29H;1-9,18H. The summed E-state index contributed by atoms with van der Waals surface area (Å²) < 4.78 is 8.52. The summed E-state index contributed by atoms with van der Waals surface area (Å²) in [5, 5.41) is 31.0. The molecule has 6 heterocycles. The van der Waals surface area contributed by atoms with E-state index in [2.05, 4.69) is 285 Å². The molecule has 9 heteroatoms. The maximum absolute atomic E-state index is 9.96. The zero-order valence-electron chi connectivity index (χ0n) is 48.0. The fourth-order valence-electron chi connectivity index (χ4n) is 13.7. The average molecular weight is 1250 g/mol. The van der Waals surface area contributed by atoms with E-state index < -0.39 is 0 Å². The van der Waals surface area contributed by atoms with Crippen LogP contribution in [0.25, 0.3) is 177 Å². The number of halogens is 1. The number of thiophene rings is 2. The molecular weight excluding hydrogens is 1200 g/mol. The molecule has 0 saturated carbocycles. The normalized spacial score (nSPS) is 11.8. The smallest absolute Gasteiger partial charge is 0.236 e. The van der Waals surface area contributed by atoms with Gasteiger partial charge in [-0.05, 0) is 164 Å². The first-order valence-electron chi connectivity index (χ1n) is 29.9. The molecule has 0 atom stereocenters. The number of nitrogens with one attached hydrogen (secondary N) is 2. The first-order chi connectivity index (χ1) is 44.4. The molecule has 0 radical (unpaired) electrons. The van der Waals surface area contributed by atoms with E-state index in [4.69, 9.17) is 9.97 Å². The summed E-state index contributed by atoms with van der Waals surface area (Å²) in [5.41, 5.74) is 12.8. The fourth-order valence-corrected chi connectivity index (χ4v) is 16.3. The Morgan fingerprint density at radius 1 is 0.333 bits per heavy atom. The van der Waals surface area contributed by atoms with Gasteiger partial charge in [0.25, 0.3) is 0 Å². The lowest BCUT2D eigenvalue weighted by Crippen LogP contribution is -2.03. The van der Waals surface area contributed by atoms with Crippen molar-refractivity contribution in [3.8, 4) is 34.3 Å². The molecule has 0 amide bonds. The Labute approximate surface area is 530 Å². The summed E-state index contributed by atoms with van der Waals surface area (Å²) in [7, 11) is 0. The molecule has 0 aliphatic rings. The third-order valence-corrected chi connectivity index (χ3v) is 20.7. The minimum absolute atomic E-state index is 0.374. The summed E-state index contributed by atoms with van der Waals surface area (Å²) in [6.45, 7) is 0. The number of benzene rings is 14. The number of nitriles is 1. The van der Waals surface area contributed by atoms with Crippen molar-refractivity contribution in [1.29, 1.82) is 5.26 Å². The third kappa shape index (κ3) is 8.48. The molecule has 90 heavy (non-hydrogen) atoms. The summed E-state index contributed by atoms with van der Waals surface area (Å²) in [6.07, 6.45) is 0. The first-order valence-corrected chi connectivity index (χ1v) is 32.4. The molecule has 420 valence electrons. The van der Waals surface area contributed by atoms with Crippen LogP contribution >= 0.6 is 38.6 Å². The molecule has 2 N–H and O–H groups in total. The van der Waals surface area contributed by atoms with Crippen molar-refractivity contribution in [3.63, 3.8) is 0 Å². The molecule has 0 fully saturated rings. The monoisotopic (exact) mass is 1250 g/mol. The van der Waals surface area contributed by atoms with Crippen molar-refractivity contribution >= 4 is 188 Å². The van der Waals surface area contributed by atoms with Gasteiger partial charge in [-0.25, -0.2) is 9.97 Å². The number of aromatic nitrogens is 5. The topological polar surface area (TPSA) is 86.1 Å². The van der Waals surface area contributed by atoms with E-state index in [0.717, 1.165) is 42.7 Å². The molecule has 6 nitrogen and oxygen atoms in total. The summed E-state index contributed by atoms with van der Waals surface area (Å²) in [6, 6.07) is 99.4. The fraction of sp³-hybridized carbons (Fsp3) is 0. The highest BCUT2D eigenvalue weighted by Gasteiger charge is 2.20. The molecule has 0 aliphatic heterocycles. The number of fused-ring (bicyclic) bond motifs is 22. The van der Waals surface area contributed by atoms with Crippen LogP contribution < -0.4 is 0 Å². The van der Waals surface area contributed by atoms with E-state index in [1.165, 1.54) is 133 Å². The quantitative estimate of drug-likeness (QED) is 0.185. The van der Waals surface area contributed by atoms with Crippen LogP contribution in [-0.2, 0) is 0 Å². The minimum atomic E-state index is 0.374. The Bertz CT molecular complexity index is 6410. The summed E-state index contributed by atoms with van der Waals surface area (Å²) >= 11 is 7.26. The Morgan fingerprint density at radius 2 is 0.756 bits per heavy atom. The van der Waals surface area contributed by atoms with Gasteiger partial charge in [0.1, 0.15) is 6.07 Å². The second-order valence-electron chi connectivity index (χ2n) is 23.0. The van der Waals surface area contributed by atoms with Gasteiger partial charge in [-0.2, -0.15) is 5.26 Å². The minimum Gasteiger partial charge on any atom is -0.354 e. The molecule has 20 aromatic rings. The summed E-state index contributed by atoms with van der Waals surface area (Å²) in [4.78, 5) is 16.8. The number of H-pyrrole nitrogens is 2. The van der Waals surface area contributed by atoms with E-state index in [1.807, 2.05) is 46.9 Å². The highest BCUT2D eigenvalue weighted by molar-refractivity contribution is 9.10. The molecule has 0 bridgehead atoms. The van der Waals surface area contributed by atoms with Gasteiger partial charge in [-0.15, -0.1) is 22.7 Å². The largest absolute Gasteiger partial charge is 0.354 e. The van der Waals surface area contributed by atoms with Gasteiger partial charge in [0.2, 0.25) is 5.95 Å². The van der Waals surface area contributed by atoms with E-state index in [-0.39, 0.29) is 0 Å². The van der Waals surface area contributed by atoms with E-state index in [1.54, 1.807) is 0 Å². The van der Waals surface area contributed by atoms with Crippen LogP contribution in [0.2, 0.25) is 0 Å². The lowest BCUT2D eigenvalue weighted by atomic mass is 9.99. The van der Waals surface area contributed by atoms with Crippen LogP contribution in [0.3, 0.4) is 0 Å². The number of rotatable bonds is 3. The zero-order valence-corrected chi connectivity index (χ0v) is 51.2. The van der Waals surface area contributed by atoms with Crippen molar-refractivity contribution in [2.75, 3.05) is 0 Å². The van der Waals surface area contributed by atoms with Gasteiger partial charge in [-0.3, -0.25) is 4.57 Å². The molecule has 14 aromatic carbocycles. The second-order valence-corrected chi connectivity index (χ2v) is 26.1. The highest BCUT2D eigenvalue weighted by Crippen LogP contribution is 2.43. The SMILES string of the molecule is Brc1ccc2[nH]c3ccc4ccccc4c3c2c1.N#Cc1nc(-n2c3ccc(-c4ccc5sc6ccccc6c5c4)cc3c3c4ccccc4ccc32)nc2ccccc12.c1ccc2c(c1)ccc1[nH]c3ccc(-c4ccc5sc6ccccc6c5c4)cc3c12. The average Bonchev–Trinajstić information content (AvgIpc) is 1.62. The maximum atomic E-state index is 9.96. The van der Waals surface area contributed by atoms with Crippen molar-refractivity contribution in [1.82, 2.24) is 24.5 Å². The van der Waals surface area contributed by atoms with E-state index >= 15 is 0 Å². The Hall–Kier alpha value is -11.0. The first kappa shape index (κ1) is 52.2. The van der Waals surface area contributed by atoms with Crippen LogP contribution in [0.1, 0.15) is 5.69 Å². The van der Waals surface area contributed by atoms with Crippen molar-refractivity contribution in [3.05, 3.63) is 283 Å². The number of para-hydroxylation sites is 1. The molecule has 0 spiro atoms. The van der Waals surface area contributed by atoms with Crippen molar-refractivity contribution in [2.45, 2.75) is 0 Å². The van der Waals surface area contributed by atoms with Gasteiger partial charge in [-0.1, -0.05) is 180 Å². The Balaban J connectivity index is 0.000000109. The van der Waals surface area contributed by atoms with Gasteiger partial charge >= 0.3 is 0 Å². The predicted molar refractivity (Wildman–Crippen MR) is 387 cm³/mol.